The third-order valence-corrected chi connectivity index (χ3v) is 5.10. The molecule has 33 heavy (non-hydrogen) atoms. The predicted molar refractivity (Wildman–Crippen MR) is 121 cm³/mol. The van der Waals surface area contributed by atoms with Crippen molar-refractivity contribution in [2.75, 3.05) is 5.32 Å². The van der Waals surface area contributed by atoms with Crippen molar-refractivity contribution in [3.63, 3.8) is 0 Å². The summed E-state index contributed by atoms with van der Waals surface area (Å²) in [7, 11) is 0. The zero-order valence-corrected chi connectivity index (χ0v) is 17.3. The second kappa shape index (κ2) is 8.88. The average molecular weight is 439 g/mol. The summed E-state index contributed by atoms with van der Waals surface area (Å²) in [6.45, 7) is 0. The Morgan fingerprint density at radius 3 is 2.67 bits per heavy atom. The fourth-order valence-corrected chi connectivity index (χ4v) is 3.42. The highest BCUT2D eigenvalue weighted by molar-refractivity contribution is 6.04. The van der Waals surface area contributed by atoms with E-state index in [1.165, 1.54) is 12.1 Å². The number of pyridine rings is 1. The number of nitrogens with one attached hydrogen (secondary N) is 2. The van der Waals surface area contributed by atoms with Gasteiger partial charge in [0.25, 0.3) is 5.91 Å². The molecule has 0 spiro atoms. The number of nitrogens with zero attached hydrogens (tertiary/aromatic N) is 3. The van der Waals surface area contributed by atoms with Crippen LogP contribution in [0.3, 0.4) is 0 Å². The van der Waals surface area contributed by atoms with Gasteiger partial charge in [-0.1, -0.05) is 35.5 Å². The van der Waals surface area contributed by atoms with Crippen LogP contribution in [0, 0.1) is 5.82 Å². The molecule has 3 heterocycles. The van der Waals surface area contributed by atoms with Crippen molar-refractivity contribution < 1.29 is 13.7 Å². The average Bonchev–Trinajstić information content (AvgIpc) is 3.52. The third-order valence-electron chi connectivity index (χ3n) is 5.10. The minimum Gasteiger partial charge on any atom is -0.357 e. The van der Waals surface area contributed by atoms with Crippen molar-refractivity contribution in [1.82, 2.24) is 20.1 Å². The number of anilines is 1. The number of hydrogen-bond donors (Lipinski definition) is 2. The molecule has 0 bridgehead atoms. The lowest BCUT2D eigenvalue weighted by Gasteiger charge is -2.09. The molecule has 8 heteroatoms. The normalized spacial score (nSPS) is 10.8. The third kappa shape index (κ3) is 4.54. The lowest BCUT2D eigenvalue weighted by molar-refractivity contribution is 0.102. The molecule has 0 saturated heterocycles. The van der Waals surface area contributed by atoms with Crippen LogP contribution < -0.4 is 5.32 Å². The van der Waals surface area contributed by atoms with Crippen LogP contribution in [0.4, 0.5) is 10.1 Å². The summed E-state index contributed by atoms with van der Waals surface area (Å²) in [4.78, 5) is 24.3. The van der Waals surface area contributed by atoms with Gasteiger partial charge in [-0.3, -0.25) is 9.78 Å². The van der Waals surface area contributed by atoms with E-state index in [0.29, 0.717) is 29.5 Å². The van der Waals surface area contributed by atoms with Gasteiger partial charge in [-0.05, 0) is 53.1 Å². The number of carbonyl (C=O) groups is 1. The van der Waals surface area contributed by atoms with Crippen LogP contribution in [0.15, 0.2) is 89.8 Å². The minimum atomic E-state index is -0.308. The molecule has 162 valence electrons. The number of benzene rings is 2. The molecule has 1 amide bonds. The molecule has 3 aromatic heterocycles. The summed E-state index contributed by atoms with van der Waals surface area (Å²) >= 11 is 0. The second-order valence-electron chi connectivity index (χ2n) is 7.35. The Morgan fingerprint density at radius 1 is 1.00 bits per heavy atom. The van der Waals surface area contributed by atoms with Gasteiger partial charge < -0.3 is 14.8 Å². The van der Waals surface area contributed by atoms with Crippen molar-refractivity contribution in [3.05, 3.63) is 108 Å². The molecule has 0 aliphatic carbocycles. The van der Waals surface area contributed by atoms with Gasteiger partial charge in [0, 0.05) is 29.8 Å². The van der Waals surface area contributed by atoms with E-state index in [9.17, 15) is 9.18 Å². The highest BCUT2D eigenvalue weighted by Gasteiger charge is 2.15. The molecule has 0 aliphatic heterocycles. The number of rotatable bonds is 6. The Kier molecular flexibility index (Phi) is 5.47. The molecule has 0 atom stereocenters. The molecular weight excluding hydrogens is 421 g/mol. The SMILES string of the molecule is O=C(Nc1ccccc1Cc1nc(-c2cccnc2)no1)c1cc(-c2ccc(F)cc2)c[nH]1. The summed E-state index contributed by atoms with van der Waals surface area (Å²) in [6, 6.07) is 18.9. The van der Waals surface area contributed by atoms with Gasteiger partial charge in [0.15, 0.2) is 0 Å². The maximum Gasteiger partial charge on any atom is 0.272 e. The number of H-pyrrole nitrogens is 1. The molecule has 7 nitrogen and oxygen atoms in total. The molecule has 0 unspecified atom stereocenters. The van der Waals surface area contributed by atoms with Crippen molar-refractivity contribution >= 4 is 11.6 Å². The largest absolute Gasteiger partial charge is 0.357 e. The second-order valence-corrected chi connectivity index (χ2v) is 7.35. The maximum atomic E-state index is 13.2. The van der Waals surface area contributed by atoms with Crippen molar-refractivity contribution in [1.29, 1.82) is 0 Å². The Morgan fingerprint density at radius 2 is 1.85 bits per heavy atom. The number of amides is 1. The fraction of sp³-hybridized carbons (Fsp3) is 0.0400. The molecule has 0 aliphatic rings. The predicted octanol–water partition coefficient (Wildman–Crippen LogP) is 5.11. The standard InChI is InChI=1S/C25H18FN5O2/c26-20-9-7-16(8-10-20)19-12-22(28-15-19)25(32)29-21-6-2-1-4-17(21)13-23-30-24(31-33-23)18-5-3-11-27-14-18/h1-12,14-15,28H,13H2,(H,29,32). The highest BCUT2D eigenvalue weighted by atomic mass is 19.1. The number of halogens is 1. The van der Waals surface area contributed by atoms with Gasteiger partial charge in [-0.2, -0.15) is 4.98 Å². The van der Waals surface area contributed by atoms with E-state index in [1.807, 2.05) is 30.3 Å². The molecule has 0 radical (unpaired) electrons. The van der Waals surface area contributed by atoms with Crippen LogP contribution in [-0.4, -0.2) is 26.0 Å². The first-order chi connectivity index (χ1) is 16.2. The van der Waals surface area contributed by atoms with E-state index in [4.69, 9.17) is 4.52 Å². The van der Waals surface area contributed by atoms with Crippen LogP contribution in [-0.2, 0) is 6.42 Å². The van der Waals surface area contributed by atoms with Crippen LogP contribution >= 0.6 is 0 Å². The van der Waals surface area contributed by atoms with Crippen molar-refractivity contribution in [2.24, 2.45) is 0 Å². The molecule has 5 rings (SSSR count). The quantitative estimate of drug-likeness (QED) is 0.383. The van der Waals surface area contributed by atoms with E-state index < -0.39 is 0 Å². The summed E-state index contributed by atoms with van der Waals surface area (Å²) in [5.74, 6) is 0.281. The van der Waals surface area contributed by atoms with Gasteiger partial charge in [-0.25, -0.2) is 4.39 Å². The van der Waals surface area contributed by atoms with Crippen molar-refractivity contribution in [3.8, 4) is 22.5 Å². The van der Waals surface area contributed by atoms with E-state index in [-0.39, 0.29) is 11.7 Å². The van der Waals surface area contributed by atoms with Gasteiger partial charge >= 0.3 is 0 Å². The van der Waals surface area contributed by atoms with Gasteiger partial charge in [0.1, 0.15) is 11.5 Å². The lowest BCUT2D eigenvalue weighted by Crippen LogP contribution is -2.13. The number of carbonyl (C=O) groups excluding carboxylic acids is 1. The van der Waals surface area contributed by atoms with E-state index in [0.717, 1.165) is 22.3 Å². The Bertz CT molecular complexity index is 1390. The number of aromatic amines is 1. The van der Waals surface area contributed by atoms with E-state index in [1.54, 1.807) is 42.9 Å². The van der Waals surface area contributed by atoms with Crippen LogP contribution in [0.2, 0.25) is 0 Å². The van der Waals surface area contributed by atoms with Crippen LogP contribution in [0.1, 0.15) is 21.9 Å². The summed E-state index contributed by atoms with van der Waals surface area (Å²) in [5.41, 5.74) is 4.23. The summed E-state index contributed by atoms with van der Waals surface area (Å²) in [6.07, 6.45) is 5.41. The smallest absolute Gasteiger partial charge is 0.272 e. The topological polar surface area (TPSA) is 96.7 Å². The molecule has 5 aromatic rings. The monoisotopic (exact) mass is 439 g/mol. The Hall–Kier alpha value is -4.59. The number of hydrogen-bond acceptors (Lipinski definition) is 5. The minimum absolute atomic E-state index is 0.294. The molecule has 0 fully saturated rings. The van der Waals surface area contributed by atoms with Gasteiger partial charge in [0.05, 0.1) is 6.42 Å². The summed E-state index contributed by atoms with van der Waals surface area (Å²) < 4.78 is 18.6. The number of aromatic nitrogens is 4. The molecule has 0 saturated carbocycles. The molecule has 2 aromatic carbocycles. The maximum absolute atomic E-state index is 13.2. The zero-order chi connectivity index (χ0) is 22.6. The van der Waals surface area contributed by atoms with E-state index in [2.05, 4.69) is 25.4 Å². The Labute approximate surface area is 188 Å². The Balaban J connectivity index is 1.32. The van der Waals surface area contributed by atoms with Gasteiger partial charge in [0.2, 0.25) is 11.7 Å². The highest BCUT2D eigenvalue weighted by Crippen LogP contribution is 2.23. The van der Waals surface area contributed by atoms with Crippen LogP contribution in [0.25, 0.3) is 22.5 Å². The van der Waals surface area contributed by atoms with Gasteiger partial charge in [-0.15, -0.1) is 0 Å². The van der Waals surface area contributed by atoms with Crippen LogP contribution in [0.5, 0.6) is 0 Å². The first kappa shape index (κ1) is 20.3. The number of para-hydroxylation sites is 1. The molecule has 2 N–H and O–H groups in total. The molecular formula is C25H18FN5O2. The zero-order valence-electron chi connectivity index (χ0n) is 17.3. The lowest BCUT2D eigenvalue weighted by atomic mass is 10.1. The van der Waals surface area contributed by atoms with E-state index >= 15 is 0 Å². The fourth-order valence-electron chi connectivity index (χ4n) is 3.42. The first-order valence-electron chi connectivity index (χ1n) is 10.2. The summed E-state index contributed by atoms with van der Waals surface area (Å²) in [5, 5.41) is 6.95. The first-order valence-corrected chi connectivity index (χ1v) is 10.2. The van der Waals surface area contributed by atoms with Crippen molar-refractivity contribution in [2.45, 2.75) is 6.42 Å².